The normalized spacial score (nSPS) is 14.7. The van der Waals surface area contributed by atoms with Gasteiger partial charge in [0.25, 0.3) is 11.5 Å². The molecule has 0 bridgehead atoms. The lowest BCUT2D eigenvalue weighted by molar-refractivity contribution is 0.0631. The number of hydrogen-bond donors (Lipinski definition) is 1. The van der Waals surface area contributed by atoms with Crippen molar-refractivity contribution in [3.05, 3.63) is 69.4 Å². The number of hydrogen-bond acceptors (Lipinski definition) is 3. The minimum atomic E-state index is -0.147. The Kier molecular flexibility index (Phi) is 4.60. The maximum absolute atomic E-state index is 13.0. The van der Waals surface area contributed by atoms with Crippen molar-refractivity contribution in [3.63, 3.8) is 0 Å². The number of carbonyl (C=O) groups excluding carboxylic acids is 1. The van der Waals surface area contributed by atoms with Gasteiger partial charge in [-0.2, -0.15) is 0 Å². The number of nitrogens with zero attached hydrogens (tertiary/aromatic N) is 1. The Balaban J connectivity index is 1.72. The van der Waals surface area contributed by atoms with E-state index in [0.717, 1.165) is 47.7 Å². The molecule has 3 aromatic rings. The molecule has 5 heteroatoms. The highest BCUT2D eigenvalue weighted by Gasteiger charge is 2.29. The average Bonchev–Trinajstić information content (AvgIpc) is 3.37. The standard InChI is InChI=1S/C22H24N2O3/c1-14-9-10-16-12-17(21(25)23-20(16)15(14)2)13-24(18-6-3-4-7-18)22(26)19-8-5-11-27-19/h5,8-12,18H,3-4,6-7,13H2,1-2H3,(H,23,25). The third kappa shape index (κ3) is 3.29. The van der Waals surface area contributed by atoms with Gasteiger partial charge in [-0.15, -0.1) is 0 Å². The van der Waals surface area contributed by atoms with Gasteiger partial charge in [-0.1, -0.05) is 25.0 Å². The molecule has 1 amide bonds. The van der Waals surface area contributed by atoms with Gasteiger partial charge >= 0.3 is 0 Å². The molecule has 140 valence electrons. The van der Waals surface area contributed by atoms with Crippen molar-refractivity contribution >= 4 is 16.8 Å². The zero-order valence-corrected chi connectivity index (χ0v) is 15.7. The highest BCUT2D eigenvalue weighted by molar-refractivity contribution is 5.91. The molecule has 5 nitrogen and oxygen atoms in total. The van der Waals surface area contributed by atoms with Crippen molar-refractivity contribution in [2.75, 3.05) is 0 Å². The first-order valence-corrected chi connectivity index (χ1v) is 9.51. The first kappa shape index (κ1) is 17.6. The Hall–Kier alpha value is -2.82. The molecule has 1 N–H and O–H groups in total. The average molecular weight is 364 g/mol. The summed E-state index contributed by atoms with van der Waals surface area (Å²) in [5.41, 5.74) is 3.57. The lowest BCUT2D eigenvalue weighted by Crippen LogP contribution is -2.39. The fraction of sp³-hybridized carbons (Fsp3) is 0.364. The number of aromatic amines is 1. The largest absolute Gasteiger partial charge is 0.459 e. The summed E-state index contributed by atoms with van der Waals surface area (Å²) in [5.74, 6) is 0.178. The molecular formula is C22H24N2O3. The fourth-order valence-electron chi connectivity index (χ4n) is 4.00. The van der Waals surface area contributed by atoms with Gasteiger partial charge < -0.3 is 14.3 Å². The minimum Gasteiger partial charge on any atom is -0.459 e. The third-order valence-electron chi connectivity index (χ3n) is 5.73. The lowest BCUT2D eigenvalue weighted by Gasteiger charge is -2.28. The number of nitrogens with one attached hydrogen (secondary N) is 1. The number of H-pyrrole nitrogens is 1. The molecule has 0 saturated heterocycles. The minimum absolute atomic E-state index is 0.133. The number of carbonyl (C=O) groups is 1. The maximum atomic E-state index is 13.0. The highest BCUT2D eigenvalue weighted by atomic mass is 16.3. The Morgan fingerprint density at radius 2 is 2.00 bits per heavy atom. The van der Waals surface area contributed by atoms with Crippen molar-refractivity contribution in [1.82, 2.24) is 9.88 Å². The molecule has 27 heavy (non-hydrogen) atoms. The Labute approximate surface area is 158 Å². The van der Waals surface area contributed by atoms with Crippen molar-refractivity contribution < 1.29 is 9.21 Å². The molecule has 1 aliphatic carbocycles. The number of benzene rings is 1. The summed E-state index contributed by atoms with van der Waals surface area (Å²) in [6.07, 6.45) is 5.67. The van der Waals surface area contributed by atoms with Crippen molar-refractivity contribution in [2.24, 2.45) is 0 Å². The van der Waals surface area contributed by atoms with Crippen LogP contribution in [0.15, 0.2) is 45.8 Å². The van der Waals surface area contributed by atoms with Crippen LogP contribution in [0.5, 0.6) is 0 Å². The molecule has 1 aromatic carbocycles. The molecular weight excluding hydrogens is 340 g/mol. The second-order valence-corrected chi connectivity index (χ2v) is 7.44. The lowest BCUT2D eigenvalue weighted by atomic mass is 10.0. The summed E-state index contributed by atoms with van der Waals surface area (Å²) in [4.78, 5) is 30.6. The molecule has 4 rings (SSSR count). The van der Waals surface area contributed by atoms with E-state index in [1.807, 2.05) is 30.9 Å². The smallest absolute Gasteiger partial charge is 0.290 e. The predicted molar refractivity (Wildman–Crippen MR) is 105 cm³/mol. The van der Waals surface area contributed by atoms with E-state index >= 15 is 0 Å². The van der Waals surface area contributed by atoms with E-state index in [1.165, 1.54) is 6.26 Å². The van der Waals surface area contributed by atoms with Crippen LogP contribution in [0.2, 0.25) is 0 Å². The molecule has 2 heterocycles. The quantitative estimate of drug-likeness (QED) is 0.749. The van der Waals surface area contributed by atoms with E-state index in [9.17, 15) is 9.59 Å². The van der Waals surface area contributed by atoms with Crippen molar-refractivity contribution in [2.45, 2.75) is 52.1 Å². The number of furan rings is 1. The monoisotopic (exact) mass is 364 g/mol. The van der Waals surface area contributed by atoms with E-state index < -0.39 is 0 Å². The summed E-state index contributed by atoms with van der Waals surface area (Å²) in [6.45, 7) is 4.34. The first-order valence-electron chi connectivity index (χ1n) is 9.51. The first-order chi connectivity index (χ1) is 13.0. The maximum Gasteiger partial charge on any atom is 0.290 e. The fourth-order valence-corrected chi connectivity index (χ4v) is 4.00. The molecule has 0 atom stereocenters. The van der Waals surface area contributed by atoms with Crippen LogP contribution in [-0.4, -0.2) is 21.8 Å². The number of rotatable bonds is 4. The molecule has 0 spiro atoms. The van der Waals surface area contributed by atoms with E-state index in [-0.39, 0.29) is 17.5 Å². The third-order valence-corrected chi connectivity index (χ3v) is 5.73. The van der Waals surface area contributed by atoms with E-state index in [2.05, 4.69) is 11.1 Å². The Bertz CT molecular complexity index is 1030. The van der Waals surface area contributed by atoms with E-state index in [4.69, 9.17) is 4.42 Å². The van der Waals surface area contributed by atoms with Gasteiger partial charge in [0.1, 0.15) is 0 Å². The summed E-state index contributed by atoms with van der Waals surface area (Å²) in [5, 5.41) is 0.990. The molecule has 0 aliphatic heterocycles. The topological polar surface area (TPSA) is 66.3 Å². The van der Waals surface area contributed by atoms with Gasteiger partial charge in [0, 0.05) is 11.6 Å². The van der Waals surface area contributed by atoms with Crippen LogP contribution in [0, 0.1) is 13.8 Å². The van der Waals surface area contributed by atoms with Crippen LogP contribution in [0.4, 0.5) is 0 Å². The van der Waals surface area contributed by atoms with Crippen LogP contribution in [0.25, 0.3) is 10.9 Å². The molecule has 1 aliphatic rings. The molecule has 1 fully saturated rings. The predicted octanol–water partition coefficient (Wildman–Crippen LogP) is 4.32. The summed E-state index contributed by atoms with van der Waals surface area (Å²) < 4.78 is 5.33. The van der Waals surface area contributed by atoms with Gasteiger partial charge in [0.05, 0.1) is 18.3 Å². The van der Waals surface area contributed by atoms with Crippen LogP contribution in [0.1, 0.15) is 52.9 Å². The number of pyridine rings is 1. The van der Waals surface area contributed by atoms with E-state index in [0.29, 0.717) is 17.9 Å². The number of aryl methyl sites for hydroxylation is 2. The summed E-state index contributed by atoms with van der Waals surface area (Å²) in [7, 11) is 0. The highest BCUT2D eigenvalue weighted by Crippen LogP contribution is 2.27. The zero-order valence-electron chi connectivity index (χ0n) is 15.7. The van der Waals surface area contributed by atoms with Crippen LogP contribution in [-0.2, 0) is 6.54 Å². The van der Waals surface area contributed by atoms with Crippen molar-refractivity contribution in [1.29, 1.82) is 0 Å². The van der Waals surface area contributed by atoms with Gasteiger partial charge in [0.2, 0.25) is 0 Å². The van der Waals surface area contributed by atoms with Crippen molar-refractivity contribution in [3.8, 4) is 0 Å². The number of fused-ring (bicyclic) bond motifs is 1. The second-order valence-electron chi connectivity index (χ2n) is 7.44. The van der Waals surface area contributed by atoms with Crippen LogP contribution in [0.3, 0.4) is 0 Å². The molecule has 1 saturated carbocycles. The SMILES string of the molecule is Cc1ccc2cc(CN(C(=O)c3ccco3)C3CCCC3)c(=O)[nH]c2c1C. The van der Waals surface area contributed by atoms with Gasteiger partial charge in [-0.25, -0.2) is 0 Å². The number of aromatic nitrogens is 1. The Morgan fingerprint density at radius 3 is 2.70 bits per heavy atom. The van der Waals surface area contributed by atoms with Gasteiger partial charge in [0.15, 0.2) is 5.76 Å². The van der Waals surface area contributed by atoms with E-state index in [1.54, 1.807) is 12.1 Å². The van der Waals surface area contributed by atoms with Crippen LogP contribution < -0.4 is 5.56 Å². The number of amides is 1. The van der Waals surface area contributed by atoms with Gasteiger partial charge in [-0.05, 0) is 61.4 Å². The van der Waals surface area contributed by atoms with Crippen LogP contribution >= 0.6 is 0 Å². The summed E-state index contributed by atoms with van der Waals surface area (Å²) in [6, 6.07) is 9.54. The zero-order chi connectivity index (χ0) is 19.0. The summed E-state index contributed by atoms with van der Waals surface area (Å²) >= 11 is 0. The molecule has 2 aromatic heterocycles. The Morgan fingerprint density at radius 1 is 1.22 bits per heavy atom. The molecule has 0 unspecified atom stereocenters. The molecule has 0 radical (unpaired) electrons. The second kappa shape index (κ2) is 7.06. The van der Waals surface area contributed by atoms with Gasteiger partial charge in [-0.3, -0.25) is 9.59 Å².